The average Bonchev–Trinajstić information content (AvgIpc) is 2.44. The van der Waals surface area contributed by atoms with Gasteiger partial charge in [-0.15, -0.1) is 0 Å². The number of rotatable bonds is 10. The molecule has 1 rings (SSSR count). The standard InChI is InChI=1S/C17H30N2O/c1-5-19(6-2)12-11-18-16-8-7-9-17(14-16)20-13-10-15(3)4/h7-9,14-15,18H,5-6,10-13H2,1-4H3. The molecule has 3 nitrogen and oxygen atoms in total. The lowest BCUT2D eigenvalue weighted by molar-refractivity contribution is 0.289. The SMILES string of the molecule is CCN(CC)CCNc1cccc(OCCC(C)C)c1. The second-order valence-corrected chi connectivity index (χ2v) is 5.51. The molecule has 0 fully saturated rings. The quantitative estimate of drug-likeness (QED) is 0.703. The normalized spacial score (nSPS) is 11.1. The first-order valence-electron chi connectivity index (χ1n) is 7.84. The van der Waals surface area contributed by atoms with Gasteiger partial charge in [-0.3, -0.25) is 0 Å². The third kappa shape index (κ3) is 6.80. The molecule has 0 bridgehead atoms. The van der Waals surface area contributed by atoms with E-state index in [1.807, 2.05) is 12.1 Å². The smallest absolute Gasteiger partial charge is 0.121 e. The molecule has 3 heteroatoms. The van der Waals surface area contributed by atoms with Crippen molar-refractivity contribution in [2.24, 2.45) is 5.92 Å². The van der Waals surface area contributed by atoms with Gasteiger partial charge in [-0.1, -0.05) is 33.8 Å². The Kier molecular flexibility index (Phi) is 8.12. The van der Waals surface area contributed by atoms with Gasteiger partial charge in [0.05, 0.1) is 6.61 Å². The Morgan fingerprint density at radius 2 is 1.95 bits per heavy atom. The second kappa shape index (κ2) is 9.65. The highest BCUT2D eigenvalue weighted by atomic mass is 16.5. The molecule has 0 atom stereocenters. The highest BCUT2D eigenvalue weighted by Gasteiger charge is 2.00. The van der Waals surface area contributed by atoms with Crippen molar-refractivity contribution in [3.63, 3.8) is 0 Å². The van der Waals surface area contributed by atoms with E-state index in [9.17, 15) is 0 Å². The number of nitrogens with zero attached hydrogens (tertiary/aromatic N) is 1. The lowest BCUT2D eigenvalue weighted by Gasteiger charge is -2.18. The van der Waals surface area contributed by atoms with Gasteiger partial charge in [0.15, 0.2) is 0 Å². The summed E-state index contributed by atoms with van der Waals surface area (Å²) >= 11 is 0. The molecule has 0 saturated carbocycles. The van der Waals surface area contributed by atoms with Crippen LogP contribution in [0.15, 0.2) is 24.3 Å². The van der Waals surface area contributed by atoms with Gasteiger partial charge in [0.25, 0.3) is 0 Å². The number of ether oxygens (including phenoxy) is 1. The molecule has 1 aromatic rings. The molecule has 0 unspecified atom stereocenters. The first-order chi connectivity index (χ1) is 9.65. The predicted molar refractivity (Wildman–Crippen MR) is 87.7 cm³/mol. The van der Waals surface area contributed by atoms with Crippen LogP contribution >= 0.6 is 0 Å². The summed E-state index contributed by atoms with van der Waals surface area (Å²) in [6, 6.07) is 8.25. The summed E-state index contributed by atoms with van der Waals surface area (Å²) in [5, 5.41) is 3.46. The van der Waals surface area contributed by atoms with E-state index in [0.29, 0.717) is 5.92 Å². The average molecular weight is 278 g/mol. The monoisotopic (exact) mass is 278 g/mol. The van der Waals surface area contributed by atoms with Crippen molar-refractivity contribution in [2.45, 2.75) is 34.1 Å². The molecule has 0 radical (unpaired) electrons. The van der Waals surface area contributed by atoms with Crippen molar-refractivity contribution < 1.29 is 4.74 Å². The van der Waals surface area contributed by atoms with Gasteiger partial charge in [-0.25, -0.2) is 0 Å². The Morgan fingerprint density at radius 3 is 2.60 bits per heavy atom. The van der Waals surface area contributed by atoms with Gasteiger partial charge >= 0.3 is 0 Å². The van der Waals surface area contributed by atoms with Crippen LogP contribution in [0.3, 0.4) is 0 Å². The van der Waals surface area contributed by atoms with E-state index in [0.717, 1.165) is 50.6 Å². The van der Waals surface area contributed by atoms with Crippen LogP contribution in [0.25, 0.3) is 0 Å². The van der Waals surface area contributed by atoms with Crippen LogP contribution in [0.2, 0.25) is 0 Å². The molecule has 0 saturated heterocycles. The van der Waals surface area contributed by atoms with E-state index < -0.39 is 0 Å². The van der Waals surface area contributed by atoms with E-state index in [2.05, 4.69) is 50.0 Å². The minimum Gasteiger partial charge on any atom is -0.494 e. The molecule has 0 aromatic heterocycles. The Bertz CT molecular complexity index is 362. The van der Waals surface area contributed by atoms with E-state index in [1.165, 1.54) is 0 Å². The molecular weight excluding hydrogens is 248 g/mol. The van der Waals surface area contributed by atoms with Crippen LogP contribution in [0.1, 0.15) is 34.1 Å². The Labute approximate surface area is 124 Å². The lowest BCUT2D eigenvalue weighted by atomic mass is 10.1. The molecule has 0 aliphatic carbocycles. The summed E-state index contributed by atoms with van der Waals surface area (Å²) in [4.78, 5) is 2.41. The topological polar surface area (TPSA) is 24.5 Å². The lowest BCUT2D eigenvalue weighted by Crippen LogP contribution is -2.28. The molecule has 1 aromatic carbocycles. The highest BCUT2D eigenvalue weighted by molar-refractivity contribution is 5.48. The number of nitrogens with one attached hydrogen (secondary N) is 1. The molecular formula is C17H30N2O. The zero-order valence-corrected chi connectivity index (χ0v) is 13.5. The predicted octanol–water partition coefficient (Wildman–Crippen LogP) is 3.87. The first-order valence-corrected chi connectivity index (χ1v) is 7.84. The van der Waals surface area contributed by atoms with Crippen LogP contribution in [-0.4, -0.2) is 37.7 Å². The summed E-state index contributed by atoms with van der Waals surface area (Å²) in [5.41, 5.74) is 1.14. The molecule has 114 valence electrons. The molecule has 0 aliphatic rings. The maximum Gasteiger partial charge on any atom is 0.121 e. The fraction of sp³-hybridized carbons (Fsp3) is 0.647. The molecule has 0 spiro atoms. The van der Waals surface area contributed by atoms with Crippen LogP contribution in [0, 0.1) is 5.92 Å². The number of hydrogen-bond donors (Lipinski definition) is 1. The highest BCUT2D eigenvalue weighted by Crippen LogP contribution is 2.17. The molecule has 0 amide bonds. The van der Waals surface area contributed by atoms with Gasteiger partial charge < -0.3 is 15.0 Å². The maximum absolute atomic E-state index is 5.78. The Balaban J connectivity index is 2.35. The number of likely N-dealkylation sites (N-methyl/N-ethyl adjacent to an activating group) is 1. The summed E-state index contributed by atoms with van der Waals surface area (Å²) < 4.78 is 5.78. The number of anilines is 1. The molecule has 0 heterocycles. The number of hydrogen-bond acceptors (Lipinski definition) is 3. The zero-order valence-electron chi connectivity index (χ0n) is 13.5. The zero-order chi connectivity index (χ0) is 14.8. The summed E-state index contributed by atoms with van der Waals surface area (Å²) in [6.45, 7) is 13.9. The van der Waals surface area contributed by atoms with Crippen molar-refractivity contribution in [3.8, 4) is 5.75 Å². The minimum absolute atomic E-state index is 0.686. The summed E-state index contributed by atoms with van der Waals surface area (Å²) in [6.07, 6.45) is 1.10. The van der Waals surface area contributed by atoms with E-state index in [-0.39, 0.29) is 0 Å². The summed E-state index contributed by atoms with van der Waals surface area (Å²) in [7, 11) is 0. The summed E-state index contributed by atoms with van der Waals surface area (Å²) in [5.74, 6) is 1.64. The fourth-order valence-corrected chi connectivity index (χ4v) is 2.01. The third-order valence-corrected chi connectivity index (χ3v) is 3.45. The van der Waals surface area contributed by atoms with Crippen LogP contribution in [0.4, 0.5) is 5.69 Å². The van der Waals surface area contributed by atoms with Crippen LogP contribution in [-0.2, 0) is 0 Å². The van der Waals surface area contributed by atoms with Gasteiger partial charge in [0.1, 0.15) is 5.75 Å². The van der Waals surface area contributed by atoms with Gasteiger partial charge in [-0.2, -0.15) is 0 Å². The van der Waals surface area contributed by atoms with E-state index in [1.54, 1.807) is 0 Å². The third-order valence-electron chi connectivity index (χ3n) is 3.45. The van der Waals surface area contributed by atoms with Crippen molar-refractivity contribution in [3.05, 3.63) is 24.3 Å². The van der Waals surface area contributed by atoms with Crippen molar-refractivity contribution in [1.82, 2.24) is 4.90 Å². The number of benzene rings is 1. The molecule has 0 aliphatic heterocycles. The van der Waals surface area contributed by atoms with Crippen molar-refractivity contribution in [2.75, 3.05) is 38.1 Å². The van der Waals surface area contributed by atoms with Crippen LogP contribution < -0.4 is 10.1 Å². The van der Waals surface area contributed by atoms with Gasteiger partial charge in [0.2, 0.25) is 0 Å². The van der Waals surface area contributed by atoms with Gasteiger partial charge in [0, 0.05) is 24.8 Å². The molecule has 20 heavy (non-hydrogen) atoms. The van der Waals surface area contributed by atoms with Crippen molar-refractivity contribution >= 4 is 5.69 Å². The fourth-order valence-electron chi connectivity index (χ4n) is 2.01. The second-order valence-electron chi connectivity index (χ2n) is 5.51. The maximum atomic E-state index is 5.78. The largest absolute Gasteiger partial charge is 0.494 e. The first kappa shape index (κ1) is 16.8. The van der Waals surface area contributed by atoms with Crippen molar-refractivity contribution in [1.29, 1.82) is 0 Å². The van der Waals surface area contributed by atoms with E-state index >= 15 is 0 Å². The Morgan fingerprint density at radius 1 is 1.20 bits per heavy atom. The minimum atomic E-state index is 0.686. The van der Waals surface area contributed by atoms with Gasteiger partial charge in [-0.05, 0) is 37.6 Å². The molecule has 1 N–H and O–H groups in total. The Hall–Kier alpha value is -1.22. The van der Waals surface area contributed by atoms with E-state index in [4.69, 9.17) is 4.74 Å². The van der Waals surface area contributed by atoms with Crippen LogP contribution in [0.5, 0.6) is 5.75 Å².